The fourth-order valence-electron chi connectivity index (χ4n) is 2.73. The third kappa shape index (κ3) is 1.51. The van der Waals surface area contributed by atoms with Crippen molar-refractivity contribution in [1.82, 2.24) is 4.98 Å². The van der Waals surface area contributed by atoms with Gasteiger partial charge in [-0.1, -0.05) is 6.92 Å². The molecule has 17 heavy (non-hydrogen) atoms. The van der Waals surface area contributed by atoms with Crippen LogP contribution in [-0.2, 0) is 0 Å². The van der Waals surface area contributed by atoms with Crippen LogP contribution in [0.15, 0.2) is 12.1 Å². The Kier molecular flexibility index (Phi) is 2.31. The van der Waals surface area contributed by atoms with Gasteiger partial charge in [0.05, 0.1) is 5.69 Å². The predicted octanol–water partition coefficient (Wildman–Crippen LogP) is 1.70. The number of carbonyl (C=O) groups excluding carboxylic acids is 1. The molecule has 1 aromatic rings. The summed E-state index contributed by atoms with van der Waals surface area (Å²) in [6, 6.07) is 4.46. The van der Waals surface area contributed by atoms with Crippen LogP contribution >= 0.6 is 0 Å². The monoisotopic (exact) mass is 231 g/mol. The molecule has 0 spiro atoms. The Morgan fingerprint density at radius 3 is 3.12 bits per heavy atom. The van der Waals surface area contributed by atoms with Gasteiger partial charge in [-0.3, -0.25) is 4.79 Å². The molecule has 0 aliphatic carbocycles. The van der Waals surface area contributed by atoms with E-state index in [9.17, 15) is 4.79 Å². The smallest absolute Gasteiger partial charge is 0.180 e. The zero-order valence-corrected chi connectivity index (χ0v) is 10.3. The maximum absolute atomic E-state index is 11.7. The predicted molar refractivity (Wildman–Crippen MR) is 67.9 cm³/mol. The third-order valence-electron chi connectivity index (χ3n) is 3.85. The third-order valence-corrected chi connectivity index (χ3v) is 3.85. The summed E-state index contributed by atoms with van der Waals surface area (Å²) < 4.78 is 0. The molecule has 1 fully saturated rings. The molecule has 1 aromatic heterocycles. The van der Waals surface area contributed by atoms with Crippen LogP contribution in [-0.4, -0.2) is 36.9 Å². The first-order valence-electron chi connectivity index (χ1n) is 6.22. The molecule has 0 amide bonds. The highest BCUT2D eigenvalue weighted by atomic mass is 16.1. The molecule has 3 rings (SSSR count). The van der Waals surface area contributed by atoms with E-state index in [1.165, 1.54) is 12.1 Å². The van der Waals surface area contributed by atoms with Crippen LogP contribution < -0.4 is 9.80 Å². The number of ketones is 1. The van der Waals surface area contributed by atoms with Gasteiger partial charge in [-0.2, -0.15) is 0 Å². The first-order chi connectivity index (χ1) is 8.20. The minimum atomic E-state index is 0.120. The van der Waals surface area contributed by atoms with E-state index in [0.717, 1.165) is 18.9 Å². The lowest BCUT2D eigenvalue weighted by molar-refractivity contribution is 0.0983. The van der Waals surface area contributed by atoms with Crippen molar-refractivity contribution in [3.8, 4) is 0 Å². The number of Topliss-reactive ketones (excluding diaryl/α,β-unsaturated/α-hetero) is 1. The van der Waals surface area contributed by atoms with Crippen LogP contribution in [0.25, 0.3) is 0 Å². The van der Waals surface area contributed by atoms with Gasteiger partial charge in [0.1, 0.15) is 5.69 Å². The molecule has 1 atom stereocenters. The van der Waals surface area contributed by atoms with E-state index < -0.39 is 0 Å². The number of fused-ring (bicyclic) bond motifs is 4. The molecular formula is C13H17N3O. The van der Waals surface area contributed by atoms with Gasteiger partial charge in [-0.15, -0.1) is 0 Å². The Morgan fingerprint density at radius 1 is 1.53 bits per heavy atom. The number of aromatic nitrogens is 1. The molecule has 90 valence electrons. The minimum Gasteiger partial charge on any atom is -0.366 e. The highest BCUT2D eigenvalue weighted by Gasteiger charge is 2.34. The van der Waals surface area contributed by atoms with Crippen molar-refractivity contribution in [2.24, 2.45) is 0 Å². The molecule has 0 saturated carbocycles. The van der Waals surface area contributed by atoms with E-state index in [1.54, 1.807) is 0 Å². The summed E-state index contributed by atoms with van der Waals surface area (Å²) in [4.78, 5) is 20.8. The Bertz CT molecular complexity index is 472. The lowest BCUT2D eigenvalue weighted by Gasteiger charge is -2.34. The van der Waals surface area contributed by atoms with Gasteiger partial charge >= 0.3 is 0 Å². The number of carbonyl (C=O) groups is 1. The SMILES string of the molecule is CCC(=O)c1ccc2c(n1)N(C)C1CCN2C1. The molecule has 2 aliphatic rings. The van der Waals surface area contributed by atoms with Crippen molar-refractivity contribution in [2.75, 3.05) is 29.9 Å². The summed E-state index contributed by atoms with van der Waals surface area (Å²) in [5, 5.41) is 0. The highest BCUT2D eigenvalue weighted by Crippen LogP contribution is 2.37. The van der Waals surface area contributed by atoms with Crippen LogP contribution in [0, 0.1) is 0 Å². The molecule has 2 aliphatic heterocycles. The molecule has 0 radical (unpaired) electrons. The van der Waals surface area contributed by atoms with E-state index >= 15 is 0 Å². The summed E-state index contributed by atoms with van der Waals surface area (Å²) in [6.45, 7) is 4.07. The molecule has 2 bridgehead atoms. The van der Waals surface area contributed by atoms with Crippen LogP contribution in [0.4, 0.5) is 11.5 Å². The molecule has 4 heteroatoms. The van der Waals surface area contributed by atoms with Crippen molar-refractivity contribution in [3.05, 3.63) is 17.8 Å². The normalized spacial score (nSPS) is 21.6. The summed E-state index contributed by atoms with van der Waals surface area (Å²) in [5.74, 6) is 1.09. The lowest BCUT2D eigenvalue weighted by atomic mass is 10.1. The van der Waals surface area contributed by atoms with Crippen molar-refractivity contribution < 1.29 is 4.79 Å². The van der Waals surface area contributed by atoms with Gasteiger partial charge in [0.2, 0.25) is 0 Å². The number of nitrogens with zero attached hydrogens (tertiary/aromatic N) is 3. The fourth-order valence-corrected chi connectivity index (χ4v) is 2.73. The average Bonchev–Trinajstić information content (AvgIpc) is 2.81. The van der Waals surface area contributed by atoms with E-state index in [1.807, 2.05) is 19.1 Å². The number of likely N-dealkylation sites (N-methyl/N-ethyl adjacent to an activating group) is 1. The Morgan fingerprint density at radius 2 is 2.35 bits per heavy atom. The maximum Gasteiger partial charge on any atom is 0.180 e. The number of hydrogen-bond donors (Lipinski definition) is 0. The molecule has 0 aromatic carbocycles. The second-order valence-corrected chi connectivity index (χ2v) is 4.82. The lowest BCUT2D eigenvalue weighted by Crippen LogP contribution is -2.40. The zero-order chi connectivity index (χ0) is 12.0. The van der Waals surface area contributed by atoms with Gasteiger partial charge < -0.3 is 9.80 Å². The molecule has 1 unspecified atom stereocenters. The standard InChI is InChI=1S/C13H17N3O/c1-3-12(17)10-4-5-11-13(14-10)15(2)9-6-7-16(11)8-9/h4-5,9H,3,6-8H2,1-2H3. The van der Waals surface area contributed by atoms with Crippen molar-refractivity contribution in [2.45, 2.75) is 25.8 Å². The number of rotatable bonds is 2. The van der Waals surface area contributed by atoms with Crippen molar-refractivity contribution >= 4 is 17.3 Å². The Hall–Kier alpha value is -1.58. The molecule has 1 saturated heterocycles. The fraction of sp³-hybridized carbons (Fsp3) is 0.538. The average molecular weight is 231 g/mol. The van der Waals surface area contributed by atoms with E-state index in [-0.39, 0.29) is 5.78 Å². The van der Waals surface area contributed by atoms with Gasteiger partial charge in [0.25, 0.3) is 0 Å². The largest absolute Gasteiger partial charge is 0.366 e. The molecule has 0 N–H and O–H groups in total. The van der Waals surface area contributed by atoms with Crippen molar-refractivity contribution in [1.29, 1.82) is 0 Å². The quantitative estimate of drug-likeness (QED) is 0.726. The van der Waals surface area contributed by atoms with Crippen LogP contribution in [0.1, 0.15) is 30.3 Å². The summed E-state index contributed by atoms with van der Waals surface area (Å²) in [7, 11) is 2.08. The summed E-state index contributed by atoms with van der Waals surface area (Å²) >= 11 is 0. The van der Waals surface area contributed by atoms with Crippen molar-refractivity contribution in [3.63, 3.8) is 0 Å². The highest BCUT2D eigenvalue weighted by molar-refractivity contribution is 5.95. The minimum absolute atomic E-state index is 0.120. The topological polar surface area (TPSA) is 36.4 Å². The first kappa shape index (κ1) is 10.6. The zero-order valence-electron chi connectivity index (χ0n) is 10.3. The molecule has 3 heterocycles. The first-order valence-corrected chi connectivity index (χ1v) is 6.22. The number of hydrogen-bond acceptors (Lipinski definition) is 4. The maximum atomic E-state index is 11.7. The van der Waals surface area contributed by atoms with Crippen LogP contribution in [0.3, 0.4) is 0 Å². The van der Waals surface area contributed by atoms with Gasteiger partial charge in [-0.25, -0.2) is 4.98 Å². The Balaban J connectivity index is 2.06. The van der Waals surface area contributed by atoms with Gasteiger partial charge in [0.15, 0.2) is 11.6 Å². The summed E-state index contributed by atoms with van der Waals surface area (Å²) in [6.07, 6.45) is 1.70. The second-order valence-electron chi connectivity index (χ2n) is 4.82. The summed E-state index contributed by atoms with van der Waals surface area (Å²) in [5.41, 5.74) is 1.77. The second kappa shape index (κ2) is 3.72. The van der Waals surface area contributed by atoms with Crippen LogP contribution in [0.2, 0.25) is 0 Å². The molecule has 4 nitrogen and oxygen atoms in total. The van der Waals surface area contributed by atoms with E-state index in [0.29, 0.717) is 18.2 Å². The van der Waals surface area contributed by atoms with Gasteiger partial charge in [-0.05, 0) is 18.6 Å². The van der Waals surface area contributed by atoms with E-state index in [4.69, 9.17) is 0 Å². The molecular weight excluding hydrogens is 214 g/mol. The van der Waals surface area contributed by atoms with Crippen LogP contribution in [0.5, 0.6) is 0 Å². The number of pyridine rings is 1. The number of anilines is 2. The van der Waals surface area contributed by atoms with Gasteiger partial charge in [0, 0.05) is 32.6 Å². The Labute approximate surface area is 101 Å². The van der Waals surface area contributed by atoms with E-state index in [2.05, 4.69) is 21.8 Å².